The molecule has 10 nitrogen and oxygen atoms in total. The number of nitrogens with zero attached hydrogens (tertiary/aromatic N) is 2. The number of carbonyl (C=O) groups excluding carboxylic acids is 3. The summed E-state index contributed by atoms with van der Waals surface area (Å²) in [5.74, 6) is 0.183. The van der Waals surface area contributed by atoms with E-state index in [-0.39, 0.29) is 36.1 Å². The van der Waals surface area contributed by atoms with Crippen molar-refractivity contribution in [1.82, 2.24) is 26.1 Å². The van der Waals surface area contributed by atoms with Crippen molar-refractivity contribution < 1.29 is 14.4 Å². The summed E-state index contributed by atoms with van der Waals surface area (Å²) in [6.45, 7) is 5.82. The predicted octanol–water partition coefficient (Wildman–Crippen LogP) is 4.15. The number of amides is 3. The van der Waals surface area contributed by atoms with Gasteiger partial charge in [-0.25, -0.2) is 0 Å². The van der Waals surface area contributed by atoms with Gasteiger partial charge in [-0.15, -0.1) is 10.2 Å². The van der Waals surface area contributed by atoms with Crippen molar-refractivity contribution in [2.75, 3.05) is 12.4 Å². The van der Waals surface area contributed by atoms with E-state index in [1.807, 2.05) is 75.4 Å². The van der Waals surface area contributed by atoms with Gasteiger partial charge in [-0.3, -0.25) is 14.4 Å². The lowest BCUT2D eigenvalue weighted by Crippen LogP contribution is -2.41. The highest BCUT2D eigenvalue weighted by Gasteiger charge is 2.14. The number of aryl methyl sites for hydroxylation is 1. The molecule has 0 bridgehead atoms. The molecule has 234 valence electrons. The summed E-state index contributed by atoms with van der Waals surface area (Å²) in [4.78, 5) is 37.2. The van der Waals surface area contributed by atoms with E-state index in [0.29, 0.717) is 29.5 Å². The maximum Gasteiger partial charge on any atom is 0.230 e. The van der Waals surface area contributed by atoms with Crippen LogP contribution in [-0.4, -0.2) is 40.5 Å². The summed E-state index contributed by atoms with van der Waals surface area (Å²) < 4.78 is 0. The number of hydrogen-bond donors (Lipinski definition) is 5. The molecule has 0 spiro atoms. The van der Waals surface area contributed by atoms with Gasteiger partial charge in [0.25, 0.3) is 0 Å². The van der Waals surface area contributed by atoms with Crippen LogP contribution in [0.1, 0.15) is 61.7 Å². The zero-order valence-corrected chi connectivity index (χ0v) is 26.7. The number of hydrogen-bond acceptors (Lipinski definition) is 8. The first-order valence-corrected chi connectivity index (χ1v) is 15.5. The molecule has 1 aromatic heterocycles. The molecule has 0 radical (unpaired) electrons. The third-order valence-corrected chi connectivity index (χ3v) is 7.17. The number of allylic oxidation sites excluding steroid dienone is 3. The normalized spacial score (nSPS) is 12.0. The van der Waals surface area contributed by atoms with Gasteiger partial charge in [-0.05, 0) is 68.9 Å². The third kappa shape index (κ3) is 13.2. The first-order valence-electron chi connectivity index (χ1n) is 14.7. The summed E-state index contributed by atoms with van der Waals surface area (Å²) in [5, 5.41) is 21.3. The number of nitrogens with two attached hydrogens (primary N) is 1. The lowest BCUT2D eigenvalue weighted by atomic mass is 10.0. The van der Waals surface area contributed by atoms with Crippen LogP contribution < -0.4 is 27.0 Å². The number of anilines is 1. The van der Waals surface area contributed by atoms with Gasteiger partial charge in [0.15, 0.2) is 0 Å². The van der Waals surface area contributed by atoms with Crippen molar-refractivity contribution in [2.24, 2.45) is 5.73 Å². The fourth-order valence-electron chi connectivity index (χ4n) is 4.29. The molecule has 6 N–H and O–H groups in total. The Morgan fingerprint density at radius 1 is 0.841 bits per heavy atom. The molecule has 0 aliphatic heterocycles. The SMILES string of the molecule is CN/C(=C\C=C(/N)CCCCc1nnc(NC(=O)Cc2ccccc2)s1)NC(=O)Cc1cccc(CC(=O)NC(C)(C)C)c1. The van der Waals surface area contributed by atoms with Crippen LogP contribution in [0.4, 0.5) is 5.13 Å². The smallest absolute Gasteiger partial charge is 0.230 e. The van der Waals surface area contributed by atoms with E-state index >= 15 is 0 Å². The molecule has 0 fully saturated rings. The van der Waals surface area contributed by atoms with Crippen LogP contribution in [-0.2, 0) is 40.1 Å². The van der Waals surface area contributed by atoms with Crippen LogP contribution >= 0.6 is 11.3 Å². The Hall–Kier alpha value is -4.51. The van der Waals surface area contributed by atoms with Crippen molar-refractivity contribution >= 4 is 34.2 Å². The van der Waals surface area contributed by atoms with Gasteiger partial charge >= 0.3 is 0 Å². The van der Waals surface area contributed by atoms with Gasteiger partial charge in [0.05, 0.1) is 19.3 Å². The molecule has 0 saturated carbocycles. The molecule has 0 atom stereocenters. The van der Waals surface area contributed by atoms with Crippen molar-refractivity contribution in [3.05, 3.63) is 100.0 Å². The summed E-state index contributed by atoms with van der Waals surface area (Å²) >= 11 is 1.38. The molecular weight excluding hydrogens is 574 g/mol. The molecular formula is C33H43N7O3S. The van der Waals surface area contributed by atoms with E-state index in [0.717, 1.165) is 41.0 Å². The number of aromatic nitrogens is 2. The average Bonchev–Trinajstić information content (AvgIpc) is 3.39. The highest BCUT2D eigenvalue weighted by molar-refractivity contribution is 7.15. The van der Waals surface area contributed by atoms with Crippen LogP contribution in [0.3, 0.4) is 0 Å². The number of benzene rings is 2. The molecule has 0 saturated heterocycles. The van der Waals surface area contributed by atoms with E-state index in [1.54, 1.807) is 19.2 Å². The number of carbonyl (C=O) groups is 3. The second kappa shape index (κ2) is 17.0. The summed E-state index contributed by atoms with van der Waals surface area (Å²) in [5.41, 5.74) is 9.22. The fourth-order valence-corrected chi connectivity index (χ4v) is 5.09. The van der Waals surface area contributed by atoms with Gasteiger partial charge < -0.3 is 27.0 Å². The minimum atomic E-state index is -0.295. The lowest BCUT2D eigenvalue weighted by Gasteiger charge is -2.20. The number of nitrogens with one attached hydrogen (secondary N) is 4. The molecule has 3 rings (SSSR count). The van der Waals surface area contributed by atoms with E-state index in [2.05, 4.69) is 31.5 Å². The maximum absolute atomic E-state index is 12.7. The summed E-state index contributed by atoms with van der Waals surface area (Å²) in [7, 11) is 1.73. The number of unbranched alkanes of at least 4 members (excludes halogenated alkanes) is 1. The quantitative estimate of drug-likeness (QED) is 0.127. The first kappa shape index (κ1) is 34.0. The zero-order valence-electron chi connectivity index (χ0n) is 25.9. The molecule has 11 heteroatoms. The lowest BCUT2D eigenvalue weighted by molar-refractivity contribution is -0.122. The molecule has 0 aliphatic carbocycles. The van der Waals surface area contributed by atoms with Gasteiger partial charge in [-0.2, -0.15) is 0 Å². The summed E-state index contributed by atoms with van der Waals surface area (Å²) in [6, 6.07) is 17.1. The zero-order chi connectivity index (χ0) is 32.0. The largest absolute Gasteiger partial charge is 0.402 e. The number of rotatable bonds is 15. The Balaban J connectivity index is 1.39. The highest BCUT2D eigenvalue weighted by Crippen LogP contribution is 2.18. The average molecular weight is 618 g/mol. The molecule has 44 heavy (non-hydrogen) atoms. The molecule has 3 aromatic rings. The van der Waals surface area contributed by atoms with Crippen molar-refractivity contribution in [2.45, 2.75) is 71.3 Å². The van der Waals surface area contributed by atoms with Crippen molar-refractivity contribution in [1.29, 1.82) is 0 Å². The van der Waals surface area contributed by atoms with E-state index in [9.17, 15) is 14.4 Å². The second-order valence-electron chi connectivity index (χ2n) is 11.5. The van der Waals surface area contributed by atoms with Crippen LogP contribution in [0.2, 0.25) is 0 Å². The van der Waals surface area contributed by atoms with Crippen LogP contribution in [0.5, 0.6) is 0 Å². The Morgan fingerprint density at radius 3 is 2.18 bits per heavy atom. The molecule has 1 heterocycles. The van der Waals surface area contributed by atoms with Gasteiger partial charge in [0.1, 0.15) is 10.8 Å². The van der Waals surface area contributed by atoms with Gasteiger partial charge in [0.2, 0.25) is 22.9 Å². The van der Waals surface area contributed by atoms with Crippen molar-refractivity contribution in [3.63, 3.8) is 0 Å². The Labute approximate surface area is 263 Å². The predicted molar refractivity (Wildman–Crippen MR) is 176 cm³/mol. The molecule has 3 amide bonds. The maximum atomic E-state index is 12.7. The van der Waals surface area contributed by atoms with Gasteiger partial charge in [0, 0.05) is 24.7 Å². The van der Waals surface area contributed by atoms with Crippen LogP contribution in [0.15, 0.2) is 78.3 Å². The van der Waals surface area contributed by atoms with Crippen LogP contribution in [0, 0.1) is 0 Å². The molecule has 0 unspecified atom stereocenters. The Kier molecular flexibility index (Phi) is 13.1. The van der Waals surface area contributed by atoms with E-state index in [1.165, 1.54) is 11.3 Å². The Morgan fingerprint density at radius 2 is 1.50 bits per heavy atom. The minimum absolute atomic E-state index is 0.0571. The summed E-state index contributed by atoms with van der Waals surface area (Å²) in [6.07, 6.45) is 7.42. The van der Waals surface area contributed by atoms with Crippen molar-refractivity contribution in [3.8, 4) is 0 Å². The highest BCUT2D eigenvalue weighted by atomic mass is 32.1. The third-order valence-electron chi connectivity index (χ3n) is 6.27. The minimum Gasteiger partial charge on any atom is -0.402 e. The van der Waals surface area contributed by atoms with Gasteiger partial charge in [-0.1, -0.05) is 65.9 Å². The first-order chi connectivity index (χ1) is 21.0. The van der Waals surface area contributed by atoms with E-state index in [4.69, 9.17) is 5.73 Å². The second-order valence-corrected chi connectivity index (χ2v) is 12.6. The standard InChI is InChI=1S/C33H43N7O3S/c1-33(2,3)38-30(43)22-25-14-10-13-24(19-25)21-28(41)36-27(35-4)18-17-26(34)15-8-9-16-31-39-40-32(44-31)37-29(42)20-23-11-6-5-7-12-23/h5-7,10-14,17-19,35H,8-9,15-16,20-22,34H2,1-4H3,(H,36,41)(H,38,43)(H,37,40,42)/b26-17-,27-18+. The van der Waals surface area contributed by atoms with E-state index < -0.39 is 0 Å². The Bertz CT molecular complexity index is 1460. The topological polar surface area (TPSA) is 151 Å². The van der Waals surface area contributed by atoms with Crippen LogP contribution in [0.25, 0.3) is 0 Å². The monoisotopic (exact) mass is 617 g/mol. The fraction of sp³-hybridized carbons (Fsp3) is 0.364. The molecule has 0 aliphatic rings. The molecule has 2 aromatic carbocycles.